The van der Waals surface area contributed by atoms with Crippen LogP contribution in [-0.2, 0) is 9.53 Å². The highest BCUT2D eigenvalue weighted by molar-refractivity contribution is 5.91. The zero-order valence-corrected chi connectivity index (χ0v) is 12.4. The van der Waals surface area contributed by atoms with E-state index in [0.29, 0.717) is 12.2 Å². The van der Waals surface area contributed by atoms with E-state index in [0.717, 1.165) is 18.6 Å². The van der Waals surface area contributed by atoms with Crippen LogP contribution in [0.3, 0.4) is 0 Å². The summed E-state index contributed by atoms with van der Waals surface area (Å²) in [5.74, 6) is 0.563. The van der Waals surface area contributed by atoms with Crippen molar-refractivity contribution >= 4 is 11.6 Å². The fourth-order valence-electron chi connectivity index (χ4n) is 1.89. The largest absolute Gasteiger partial charge is 0.497 e. The summed E-state index contributed by atoms with van der Waals surface area (Å²) in [5, 5.41) is 2.78. The van der Waals surface area contributed by atoms with E-state index in [2.05, 4.69) is 5.32 Å². The summed E-state index contributed by atoms with van der Waals surface area (Å²) in [5.41, 5.74) is 6.04. The highest BCUT2D eigenvalue weighted by Gasteiger charge is 2.25. The Bertz CT molecular complexity index is 405. The number of hydrogen-bond acceptors (Lipinski definition) is 4. The number of methoxy groups -OCH3 is 1. The average Bonchev–Trinajstić information content (AvgIpc) is 2.50. The summed E-state index contributed by atoms with van der Waals surface area (Å²) in [6, 6.07) is 7.15. The summed E-state index contributed by atoms with van der Waals surface area (Å²) >= 11 is 0. The van der Waals surface area contributed by atoms with Crippen molar-refractivity contribution in [3.8, 4) is 5.75 Å². The second kappa shape index (κ2) is 7.87. The molecule has 1 rings (SSSR count). The van der Waals surface area contributed by atoms with Gasteiger partial charge in [0.2, 0.25) is 5.91 Å². The van der Waals surface area contributed by atoms with Gasteiger partial charge in [-0.05, 0) is 37.1 Å². The summed E-state index contributed by atoms with van der Waals surface area (Å²) in [4.78, 5) is 11.9. The highest BCUT2D eigenvalue weighted by Crippen LogP contribution is 2.19. The summed E-state index contributed by atoms with van der Waals surface area (Å²) in [6.45, 7) is 4.44. The van der Waals surface area contributed by atoms with Crippen LogP contribution >= 0.6 is 0 Å². The smallest absolute Gasteiger partial charge is 0.250 e. The molecule has 3 N–H and O–H groups in total. The standard InChI is InChI=1S/C15H24N2O3/c1-4-15(5-2,11-16)20-10-14(18)17-12-6-8-13(19-3)9-7-12/h6-9H,4-5,10-11,16H2,1-3H3,(H,17,18). The van der Waals surface area contributed by atoms with Crippen molar-refractivity contribution in [3.63, 3.8) is 0 Å². The summed E-state index contributed by atoms with van der Waals surface area (Å²) < 4.78 is 10.8. The third-order valence-corrected chi connectivity index (χ3v) is 3.54. The molecule has 0 aliphatic heterocycles. The molecule has 0 aromatic heterocycles. The molecule has 0 aliphatic rings. The number of carbonyl (C=O) groups excluding carboxylic acids is 1. The molecule has 0 heterocycles. The van der Waals surface area contributed by atoms with Crippen molar-refractivity contribution in [3.05, 3.63) is 24.3 Å². The van der Waals surface area contributed by atoms with Crippen LogP contribution in [0.4, 0.5) is 5.69 Å². The molecule has 0 atom stereocenters. The number of anilines is 1. The van der Waals surface area contributed by atoms with Gasteiger partial charge in [0.05, 0.1) is 12.7 Å². The fourth-order valence-corrected chi connectivity index (χ4v) is 1.89. The number of carbonyl (C=O) groups is 1. The average molecular weight is 280 g/mol. The predicted molar refractivity (Wildman–Crippen MR) is 79.9 cm³/mol. The number of benzene rings is 1. The third kappa shape index (κ3) is 4.51. The van der Waals surface area contributed by atoms with Crippen LogP contribution in [0, 0.1) is 0 Å². The van der Waals surface area contributed by atoms with E-state index in [-0.39, 0.29) is 12.5 Å². The number of hydrogen-bond donors (Lipinski definition) is 2. The van der Waals surface area contributed by atoms with Crippen molar-refractivity contribution in [1.82, 2.24) is 0 Å². The number of rotatable bonds is 8. The maximum absolute atomic E-state index is 11.9. The van der Waals surface area contributed by atoms with E-state index >= 15 is 0 Å². The lowest BCUT2D eigenvalue weighted by Crippen LogP contribution is -2.41. The van der Waals surface area contributed by atoms with Gasteiger partial charge in [-0.2, -0.15) is 0 Å². The minimum absolute atomic E-state index is 0.00487. The van der Waals surface area contributed by atoms with Gasteiger partial charge in [0.25, 0.3) is 0 Å². The second-order valence-corrected chi connectivity index (χ2v) is 4.66. The van der Waals surface area contributed by atoms with Gasteiger partial charge in [-0.3, -0.25) is 4.79 Å². The molecule has 5 nitrogen and oxygen atoms in total. The molecule has 0 fully saturated rings. The van der Waals surface area contributed by atoms with Gasteiger partial charge in [0.1, 0.15) is 12.4 Å². The molecule has 0 saturated carbocycles. The minimum atomic E-state index is -0.406. The maximum atomic E-state index is 11.9. The van der Waals surface area contributed by atoms with Crippen LogP contribution in [0.25, 0.3) is 0 Å². The molecule has 0 bridgehead atoms. The molecule has 1 amide bonds. The van der Waals surface area contributed by atoms with Crippen LogP contribution in [0.2, 0.25) is 0 Å². The number of nitrogens with two attached hydrogens (primary N) is 1. The van der Waals surface area contributed by atoms with Gasteiger partial charge in [0, 0.05) is 12.2 Å². The Morgan fingerprint density at radius 1 is 1.25 bits per heavy atom. The molecule has 112 valence electrons. The van der Waals surface area contributed by atoms with Crippen molar-refractivity contribution in [1.29, 1.82) is 0 Å². The summed E-state index contributed by atoms with van der Waals surface area (Å²) in [6.07, 6.45) is 1.58. The lowest BCUT2D eigenvalue weighted by atomic mass is 9.97. The highest BCUT2D eigenvalue weighted by atomic mass is 16.5. The van der Waals surface area contributed by atoms with E-state index in [1.54, 1.807) is 31.4 Å². The molecule has 1 aromatic rings. The maximum Gasteiger partial charge on any atom is 0.250 e. The quantitative estimate of drug-likeness (QED) is 0.765. The molecule has 5 heteroatoms. The van der Waals surface area contributed by atoms with E-state index < -0.39 is 5.60 Å². The number of nitrogens with one attached hydrogen (secondary N) is 1. The van der Waals surface area contributed by atoms with E-state index in [1.165, 1.54) is 0 Å². The lowest BCUT2D eigenvalue weighted by Gasteiger charge is -2.30. The van der Waals surface area contributed by atoms with Crippen LogP contribution in [0.15, 0.2) is 24.3 Å². The first-order valence-corrected chi connectivity index (χ1v) is 6.87. The van der Waals surface area contributed by atoms with Crippen molar-refractivity contribution in [2.45, 2.75) is 32.3 Å². The Hall–Kier alpha value is -1.59. The normalized spacial score (nSPS) is 11.2. The Morgan fingerprint density at radius 2 is 1.85 bits per heavy atom. The van der Waals surface area contributed by atoms with Crippen molar-refractivity contribution in [2.24, 2.45) is 5.73 Å². The first-order chi connectivity index (χ1) is 9.59. The zero-order valence-electron chi connectivity index (χ0n) is 12.4. The Balaban J connectivity index is 2.50. The Morgan fingerprint density at radius 3 is 2.30 bits per heavy atom. The molecule has 1 aromatic carbocycles. The fraction of sp³-hybridized carbons (Fsp3) is 0.533. The van der Waals surface area contributed by atoms with E-state index in [9.17, 15) is 4.79 Å². The second-order valence-electron chi connectivity index (χ2n) is 4.66. The Kier molecular flexibility index (Phi) is 6.48. The van der Waals surface area contributed by atoms with Crippen molar-refractivity contribution in [2.75, 3.05) is 25.6 Å². The van der Waals surface area contributed by atoms with E-state index in [4.69, 9.17) is 15.2 Å². The third-order valence-electron chi connectivity index (χ3n) is 3.54. The van der Waals surface area contributed by atoms with Gasteiger partial charge < -0.3 is 20.5 Å². The zero-order chi connectivity index (χ0) is 15.0. The molecular formula is C15H24N2O3. The first-order valence-electron chi connectivity index (χ1n) is 6.87. The first kappa shape index (κ1) is 16.5. The number of ether oxygens (including phenoxy) is 2. The minimum Gasteiger partial charge on any atom is -0.497 e. The predicted octanol–water partition coefficient (Wildman–Crippen LogP) is 2.17. The van der Waals surface area contributed by atoms with Crippen LogP contribution < -0.4 is 15.8 Å². The van der Waals surface area contributed by atoms with E-state index in [1.807, 2.05) is 13.8 Å². The summed E-state index contributed by atoms with van der Waals surface area (Å²) in [7, 11) is 1.60. The van der Waals surface area contributed by atoms with Gasteiger partial charge in [-0.1, -0.05) is 13.8 Å². The van der Waals surface area contributed by atoms with Gasteiger partial charge in [-0.25, -0.2) is 0 Å². The van der Waals surface area contributed by atoms with Crippen LogP contribution in [-0.4, -0.2) is 31.8 Å². The molecular weight excluding hydrogens is 256 g/mol. The number of amides is 1. The van der Waals surface area contributed by atoms with Gasteiger partial charge in [-0.15, -0.1) is 0 Å². The van der Waals surface area contributed by atoms with Crippen molar-refractivity contribution < 1.29 is 14.3 Å². The SMILES string of the molecule is CCC(CC)(CN)OCC(=O)Nc1ccc(OC)cc1. The molecule has 0 unspecified atom stereocenters. The molecule has 0 saturated heterocycles. The van der Waals surface area contributed by atoms with Gasteiger partial charge >= 0.3 is 0 Å². The van der Waals surface area contributed by atoms with Gasteiger partial charge in [0.15, 0.2) is 0 Å². The lowest BCUT2D eigenvalue weighted by molar-refractivity contribution is -0.128. The topological polar surface area (TPSA) is 73.6 Å². The molecule has 0 aliphatic carbocycles. The monoisotopic (exact) mass is 280 g/mol. The molecule has 0 radical (unpaired) electrons. The molecule has 0 spiro atoms. The Labute approximate surface area is 120 Å². The van der Waals surface area contributed by atoms with Crippen LogP contribution in [0.1, 0.15) is 26.7 Å². The van der Waals surface area contributed by atoms with Crippen LogP contribution in [0.5, 0.6) is 5.75 Å². The molecule has 20 heavy (non-hydrogen) atoms.